The summed E-state index contributed by atoms with van der Waals surface area (Å²) in [4.78, 5) is 0. The molecule has 0 spiro atoms. The number of unbranched alkanes of at least 4 members (excludes halogenated alkanes) is 3. The fourth-order valence-electron chi connectivity index (χ4n) is 0.745. The first kappa shape index (κ1) is 9.69. The average Bonchev–Trinajstić information content (AvgIpc) is 1.98. The summed E-state index contributed by atoms with van der Waals surface area (Å²) < 4.78 is 4.19. The normalized spacial score (nSPS) is 11.9. The first-order valence-electron chi connectivity index (χ1n) is 3.66. The molecule has 0 unspecified atom stereocenters. The number of aliphatic hydroxyl groups excluding tert-OH is 1. The summed E-state index contributed by atoms with van der Waals surface area (Å²) in [5.41, 5.74) is 0. The summed E-state index contributed by atoms with van der Waals surface area (Å²) in [7, 11) is 0. The highest BCUT2D eigenvalue weighted by atomic mass is 32.1. The van der Waals surface area contributed by atoms with E-state index < -0.39 is 0 Å². The highest BCUT2D eigenvalue weighted by molar-refractivity contribution is 7.50. The Hall–Kier alpha value is -0.310. The number of hydrogen-bond acceptors (Lipinski definition) is 1. The molecule has 1 N–H and O–H groups in total. The van der Waals surface area contributed by atoms with Gasteiger partial charge in [0.1, 0.15) is 6.42 Å². The van der Waals surface area contributed by atoms with Crippen LogP contribution in [0.15, 0.2) is 0 Å². The van der Waals surface area contributed by atoms with E-state index in [-0.39, 0.29) is 5.97 Å². The van der Waals surface area contributed by atoms with E-state index in [0.29, 0.717) is 6.42 Å². The third-order valence-corrected chi connectivity index (χ3v) is 1.53. The molecule has 0 rings (SSSR count). The number of carboxylic acids is 1. The SMILES string of the molecule is CCCCCCC(O)=[O+][S-]. The molecule has 0 atom stereocenters. The van der Waals surface area contributed by atoms with Crippen LogP contribution in [-0.4, -0.2) is 11.1 Å². The Balaban J connectivity index is 3.04. The Bertz CT molecular complexity index is 102. The molecule has 0 aromatic carbocycles. The Kier molecular flexibility index (Phi) is 6.59. The van der Waals surface area contributed by atoms with Crippen LogP contribution in [0.2, 0.25) is 0 Å². The second kappa shape index (κ2) is 6.81. The predicted molar refractivity (Wildman–Crippen MR) is 43.8 cm³/mol. The lowest BCUT2D eigenvalue weighted by molar-refractivity contribution is -0.258. The number of carboxylic acid groups (broad SMARTS) is 1. The van der Waals surface area contributed by atoms with Crippen molar-refractivity contribution in [1.82, 2.24) is 0 Å². The minimum Gasteiger partial charge on any atom is -0.434 e. The van der Waals surface area contributed by atoms with Gasteiger partial charge in [0.15, 0.2) is 0 Å². The van der Waals surface area contributed by atoms with Crippen molar-refractivity contribution in [3.63, 3.8) is 0 Å². The molecule has 0 aromatic heterocycles. The molecule has 0 heterocycles. The first-order chi connectivity index (χ1) is 4.81. The lowest BCUT2D eigenvalue weighted by atomic mass is 10.2. The van der Waals surface area contributed by atoms with Gasteiger partial charge < -0.3 is 21.9 Å². The fourth-order valence-corrected chi connectivity index (χ4v) is 0.828. The monoisotopic (exact) mass is 162 g/mol. The van der Waals surface area contributed by atoms with Gasteiger partial charge in [-0.1, -0.05) is 26.2 Å². The van der Waals surface area contributed by atoms with E-state index in [2.05, 4.69) is 23.7 Å². The van der Waals surface area contributed by atoms with Crippen molar-refractivity contribution in [2.24, 2.45) is 0 Å². The van der Waals surface area contributed by atoms with Gasteiger partial charge in [0.05, 0.1) is 0 Å². The molecule has 0 aromatic rings. The zero-order chi connectivity index (χ0) is 7.82. The van der Waals surface area contributed by atoms with Gasteiger partial charge in [-0.15, -0.1) is 0 Å². The van der Waals surface area contributed by atoms with Gasteiger partial charge in [0, 0.05) is 0 Å². The molecule has 0 amide bonds. The molecule has 0 saturated carbocycles. The molecule has 0 saturated heterocycles. The van der Waals surface area contributed by atoms with Crippen LogP contribution in [0.3, 0.4) is 0 Å². The van der Waals surface area contributed by atoms with Crippen LogP contribution >= 0.6 is 0 Å². The molecule has 2 nitrogen and oxygen atoms in total. The van der Waals surface area contributed by atoms with Gasteiger partial charge in [-0.05, 0) is 6.42 Å². The van der Waals surface area contributed by atoms with E-state index in [1.165, 1.54) is 12.8 Å². The maximum atomic E-state index is 8.75. The third-order valence-electron chi connectivity index (χ3n) is 1.34. The van der Waals surface area contributed by atoms with Gasteiger partial charge in [0.2, 0.25) is 0 Å². The molecular formula is C7H14O2S. The first-order valence-corrected chi connectivity index (χ1v) is 3.99. The van der Waals surface area contributed by atoms with E-state index >= 15 is 0 Å². The Labute approximate surface area is 67.6 Å². The van der Waals surface area contributed by atoms with Crippen LogP contribution in [0.25, 0.3) is 0 Å². The maximum absolute atomic E-state index is 8.75. The summed E-state index contributed by atoms with van der Waals surface area (Å²) in [6.07, 6.45) is 5.11. The molecule has 0 fully saturated rings. The summed E-state index contributed by atoms with van der Waals surface area (Å²) in [6.45, 7) is 2.15. The largest absolute Gasteiger partial charge is 0.466 e. The van der Waals surface area contributed by atoms with Crippen LogP contribution in [0, 0.1) is 0 Å². The second-order valence-corrected chi connectivity index (χ2v) is 2.45. The molecule has 0 aliphatic carbocycles. The quantitative estimate of drug-likeness (QED) is 0.381. The maximum Gasteiger partial charge on any atom is 0.466 e. The Morgan fingerprint density at radius 2 is 2.10 bits per heavy atom. The van der Waals surface area contributed by atoms with Crippen LogP contribution in [0.1, 0.15) is 39.0 Å². The van der Waals surface area contributed by atoms with Crippen molar-refractivity contribution in [3.8, 4) is 0 Å². The van der Waals surface area contributed by atoms with Gasteiger partial charge in [-0.3, -0.25) is 0 Å². The van der Waals surface area contributed by atoms with Crippen LogP contribution in [0.5, 0.6) is 0 Å². The number of aliphatic carboxylic acids is 1. The summed E-state index contributed by atoms with van der Waals surface area (Å²) in [6, 6.07) is 0. The van der Waals surface area contributed by atoms with Crippen molar-refractivity contribution in [3.05, 3.63) is 0 Å². The molecular weight excluding hydrogens is 148 g/mol. The minimum absolute atomic E-state index is 0.0221. The van der Waals surface area contributed by atoms with Crippen molar-refractivity contribution in [1.29, 1.82) is 0 Å². The van der Waals surface area contributed by atoms with Crippen LogP contribution < -0.4 is 0 Å². The van der Waals surface area contributed by atoms with Crippen molar-refractivity contribution in [2.45, 2.75) is 39.0 Å². The average molecular weight is 162 g/mol. The lowest BCUT2D eigenvalue weighted by Gasteiger charge is -1.92. The van der Waals surface area contributed by atoms with Crippen LogP contribution in [-0.2, 0) is 16.8 Å². The van der Waals surface area contributed by atoms with Crippen molar-refractivity contribution in [2.75, 3.05) is 0 Å². The van der Waals surface area contributed by atoms with Gasteiger partial charge in [-0.25, -0.2) is 0 Å². The number of rotatable bonds is 5. The summed E-state index contributed by atoms with van der Waals surface area (Å²) >= 11 is 4.17. The summed E-state index contributed by atoms with van der Waals surface area (Å²) in [5, 5.41) is 8.75. The van der Waals surface area contributed by atoms with Gasteiger partial charge in [0.25, 0.3) is 0 Å². The molecule has 60 valence electrons. The molecule has 0 radical (unpaired) electrons. The number of hydrogen-bond donors (Lipinski definition) is 1. The predicted octanol–water partition coefficient (Wildman–Crippen LogP) is 2.04. The fraction of sp³-hybridized carbons (Fsp3) is 0.857. The molecule has 10 heavy (non-hydrogen) atoms. The van der Waals surface area contributed by atoms with E-state index in [0.717, 1.165) is 12.8 Å². The van der Waals surface area contributed by atoms with E-state index in [1.807, 2.05) is 0 Å². The Morgan fingerprint density at radius 1 is 1.40 bits per heavy atom. The molecule has 0 aliphatic heterocycles. The molecule has 3 heteroatoms. The van der Waals surface area contributed by atoms with E-state index in [9.17, 15) is 0 Å². The van der Waals surface area contributed by atoms with Crippen molar-refractivity contribution < 1.29 is 8.98 Å². The topological polar surface area (TPSA) is 31.5 Å². The zero-order valence-corrected chi connectivity index (χ0v) is 7.12. The Morgan fingerprint density at radius 3 is 2.60 bits per heavy atom. The smallest absolute Gasteiger partial charge is 0.434 e. The van der Waals surface area contributed by atoms with Crippen LogP contribution in [0.4, 0.5) is 0 Å². The highest BCUT2D eigenvalue weighted by Crippen LogP contribution is 2.01. The van der Waals surface area contributed by atoms with E-state index in [1.54, 1.807) is 0 Å². The summed E-state index contributed by atoms with van der Waals surface area (Å²) in [5.74, 6) is -0.0221. The molecule has 0 aliphatic rings. The van der Waals surface area contributed by atoms with E-state index in [4.69, 9.17) is 5.11 Å². The highest BCUT2D eigenvalue weighted by Gasteiger charge is 2.01. The standard InChI is InChI=1S/C7H14O2S/c1-2-3-4-5-6-7(8)9-10/h8H,2-6H2,1H3. The molecule has 0 bridgehead atoms. The minimum atomic E-state index is -0.0221. The lowest BCUT2D eigenvalue weighted by Crippen LogP contribution is -1.97. The third kappa shape index (κ3) is 5.82. The van der Waals surface area contributed by atoms with Gasteiger partial charge in [-0.2, -0.15) is 0 Å². The zero-order valence-electron chi connectivity index (χ0n) is 6.30. The van der Waals surface area contributed by atoms with Gasteiger partial charge >= 0.3 is 5.97 Å². The second-order valence-electron chi connectivity index (χ2n) is 2.29. The van der Waals surface area contributed by atoms with Crippen molar-refractivity contribution >= 4 is 18.9 Å².